The fraction of sp³-hybridized carbons (Fsp3) is 0.250. The molecule has 40 heavy (non-hydrogen) atoms. The Labute approximate surface area is 251 Å². The molecule has 0 aliphatic carbocycles. The van der Waals surface area contributed by atoms with Crippen molar-refractivity contribution in [2.75, 3.05) is 18.6 Å². The molecule has 1 amide bonds. The van der Waals surface area contributed by atoms with Crippen molar-refractivity contribution in [1.29, 1.82) is 0 Å². The summed E-state index contributed by atoms with van der Waals surface area (Å²) in [6.45, 7) is 2.47. The summed E-state index contributed by atoms with van der Waals surface area (Å²) in [5.74, 6) is -0.172. The Morgan fingerprint density at radius 3 is 2.40 bits per heavy atom. The van der Waals surface area contributed by atoms with E-state index in [0.717, 1.165) is 23.1 Å². The number of hydrogen-bond acceptors (Lipinski definition) is 5. The van der Waals surface area contributed by atoms with Crippen LogP contribution in [0.25, 0.3) is 11.1 Å². The molecule has 0 aliphatic heterocycles. The number of benzene rings is 3. The van der Waals surface area contributed by atoms with Crippen LogP contribution < -0.4 is 5.32 Å². The molecular formula is C32H34LiNO5S. The molecule has 4 aromatic rings. The second-order valence-electron chi connectivity index (χ2n) is 9.27. The summed E-state index contributed by atoms with van der Waals surface area (Å²) in [6, 6.07) is 26.3. The molecule has 0 aliphatic rings. The molecular weight excluding hydrogens is 517 g/mol. The number of rotatable bonds is 13. The molecule has 1 heterocycles. The Balaban J connectivity index is 0.00000441. The topological polar surface area (TPSA) is 88.8 Å². The molecule has 6 nitrogen and oxygen atoms in total. The fourth-order valence-electron chi connectivity index (χ4n) is 4.47. The van der Waals surface area contributed by atoms with Gasteiger partial charge in [-0.15, -0.1) is 0 Å². The van der Waals surface area contributed by atoms with Crippen LogP contribution in [0, 0.1) is 6.92 Å². The quantitative estimate of drug-likeness (QED) is 0.202. The maximum atomic E-state index is 13.4. The van der Waals surface area contributed by atoms with Gasteiger partial charge >= 0.3 is 24.8 Å². The van der Waals surface area contributed by atoms with Gasteiger partial charge in [0, 0.05) is 5.56 Å². The monoisotopic (exact) mass is 551 g/mol. The Morgan fingerprint density at radius 2 is 1.73 bits per heavy atom. The van der Waals surface area contributed by atoms with E-state index in [1.165, 1.54) is 5.56 Å². The Morgan fingerprint density at radius 1 is 0.975 bits per heavy atom. The van der Waals surface area contributed by atoms with Crippen LogP contribution in [0.15, 0.2) is 95.6 Å². The van der Waals surface area contributed by atoms with Gasteiger partial charge < -0.3 is 19.6 Å². The molecule has 4 rings (SSSR count). The Hall–Kier alpha value is -3.21. The van der Waals surface area contributed by atoms with Crippen molar-refractivity contribution in [2.45, 2.75) is 31.9 Å². The summed E-state index contributed by atoms with van der Waals surface area (Å²) in [5.41, 5.74) is 5.03. The molecule has 0 radical (unpaired) electrons. The second-order valence-corrected chi connectivity index (χ2v) is 10.3. The van der Waals surface area contributed by atoms with Crippen molar-refractivity contribution in [3.63, 3.8) is 0 Å². The van der Waals surface area contributed by atoms with Crippen LogP contribution in [0.5, 0.6) is 0 Å². The van der Waals surface area contributed by atoms with Crippen molar-refractivity contribution < 1.29 is 23.8 Å². The first-order chi connectivity index (χ1) is 19.0. The van der Waals surface area contributed by atoms with Gasteiger partial charge in [-0.2, -0.15) is 11.8 Å². The number of thioether (sulfide) groups is 1. The number of furan rings is 1. The third-order valence-corrected chi connectivity index (χ3v) is 7.20. The number of ether oxygens (including phenoxy) is 1. The SMILES string of the molecule is CSCCC(NC(=O)c1ccc(C(OCCc2ccccc2)c2ccco2)cc1-c1ccccc1C)C(=O)O.[LiH]. The van der Waals surface area contributed by atoms with Crippen molar-refractivity contribution >= 4 is 42.5 Å². The number of aryl methyl sites for hydroxylation is 1. The van der Waals surface area contributed by atoms with E-state index >= 15 is 0 Å². The van der Waals surface area contributed by atoms with E-state index in [0.29, 0.717) is 35.7 Å². The number of amides is 1. The van der Waals surface area contributed by atoms with Crippen molar-refractivity contribution in [1.82, 2.24) is 5.32 Å². The number of carboxylic acids is 1. The van der Waals surface area contributed by atoms with Gasteiger partial charge in [0.1, 0.15) is 17.9 Å². The molecule has 0 bridgehead atoms. The number of carbonyl (C=O) groups is 2. The molecule has 2 N–H and O–H groups in total. The number of carbonyl (C=O) groups excluding carboxylic acids is 1. The van der Waals surface area contributed by atoms with E-state index in [2.05, 4.69) is 17.4 Å². The van der Waals surface area contributed by atoms with Crippen molar-refractivity contribution in [2.24, 2.45) is 0 Å². The molecule has 1 aromatic heterocycles. The van der Waals surface area contributed by atoms with Gasteiger partial charge in [0.05, 0.1) is 12.9 Å². The van der Waals surface area contributed by atoms with Gasteiger partial charge in [-0.25, -0.2) is 4.79 Å². The molecule has 0 saturated carbocycles. The van der Waals surface area contributed by atoms with Crippen LogP contribution in [-0.4, -0.2) is 60.5 Å². The van der Waals surface area contributed by atoms with E-state index in [1.807, 2.05) is 79.9 Å². The molecule has 2 unspecified atom stereocenters. The Kier molecular flexibility index (Phi) is 12.2. The summed E-state index contributed by atoms with van der Waals surface area (Å²) >= 11 is 1.54. The van der Waals surface area contributed by atoms with Gasteiger partial charge in [0.2, 0.25) is 0 Å². The van der Waals surface area contributed by atoms with Crippen LogP contribution >= 0.6 is 11.8 Å². The first-order valence-corrected chi connectivity index (χ1v) is 14.3. The maximum absolute atomic E-state index is 13.4. The minimum absolute atomic E-state index is 0. The van der Waals surface area contributed by atoms with Gasteiger partial charge in [-0.3, -0.25) is 4.79 Å². The van der Waals surface area contributed by atoms with Crippen molar-refractivity contribution in [3.05, 3.63) is 119 Å². The Bertz CT molecular complexity index is 1380. The standard InChI is InChI=1S/C32H33NO5S.Li.H/c1-22-9-6-7-12-25(22)27-21-24(14-15-26(27)31(34)33-28(32(35)36)17-20-39-2)30(29-13-8-18-37-29)38-19-16-23-10-4-3-5-11-23;;/h3-15,18,21,28,30H,16-17,19-20H2,1-2H3,(H,33,34)(H,35,36);;. The number of hydrogen-bond donors (Lipinski definition) is 2. The molecule has 2 atom stereocenters. The number of nitrogens with one attached hydrogen (secondary N) is 1. The van der Waals surface area contributed by atoms with Gasteiger partial charge in [0.15, 0.2) is 0 Å². The van der Waals surface area contributed by atoms with Crippen molar-refractivity contribution in [3.8, 4) is 11.1 Å². The number of aliphatic carboxylic acids is 1. The summed E-state index contributed by atoms with van der Waals surface area (Å²) in [6.07, 6.45) is 4.14. The van der Waals surface area contributed by atoms with E-state index in [4.69, 9.17) is 9.15 Å². The average molecular weight is 552 g/mol. The summed E-state index contributed by atoms with van der Waals surface area (Å²) in [4.78, 5) is 25.2. The predicted molar refractivity (Wildman–Crippen MR) is 162 cm³/mol. The summed E-state index contributed by atoms with van der Waals surface area (Å²) in [5, 5.41) is 12.4. The zero-order valence-electron chi connectivity index (χ0n) is 22.1. The molecule has 8 heteroatoms. The predicted octanol–water partition coefficient (Wildman–Crippen LogP) is 5.89. The van der Waals surface area contributed by atoms with E-state index in [1.54, 1.807) is 24.1 Å². The zero-order chi connectivity index (χ0) is 27.6. The second kappa shape index (κ2) is 15.5. The van der Waals surface area contributed by atoms with E-state index in [9.17, 15) is 14.7 Å². The average Bonchev–Trinajstić information content (AvgIpc) is 3.48. The molecule has 0 spiro atoms. The normalized spacial score (nSPS) is 12.2. The summed E-state index contributed by atoms with van der Waals surface area (Å²) in [7, 11) is 0. The van der Waals surface area contributed by atoms with Crippen LogP contribution in [0.1, 0.15) is 45.3 Å². The molecule has 204 valence electrons. The first-order valence-electron chi connectivity index (χ1n) is 12.9. The van der Waals surface area contributed by atoms with E-state index < -0.39 is 24.0 Å². The van der Waals surface area contributed by atoms with Crippen LogP contribution in [0.4, 0.5) is 0 Å². The van der Waals surface area contributed by atoms with Gasteiger partial charge in [-0.05, 0) is 83.9 Å². The van der Waals surface area contributed by atoms with Gasteiger partial charge in [-0.1, -0.05) is 60.7 Å². The van der Waals surface area contributed by atoms with Crippen LogP contribution in [0.2, 0.25) is 0 Å². The summed E-state index contributed by atoms with van der Waals surface area (Å²) < 4.78 is 12.1. The minimum atomic E-state index is -1.05. The third-order valence-electron chi connectivity index (χ3n) is 6.56. The third kappa shape index (κ3) is 8.15. The molecule has 0 fully saturated rings. The zero-order valence-corrected chi connectivity index (χ0v) is 22.9. The van der Waals surface area contributed by atoms with Crippen LogP contribution in [-0.2, 0) is 16.0 Å². The molecule has 3 aromatic carbocycles. The molecule has 0 saturated heterocycles. The fourth-order valence-corrected chi connectivity index (χ4v) is 4.94. The van der Waals surface area contributed by atoms with E-state index in [-0.39, 0.29) is 18.9 Å². The van der Waals surface area contributed by atoms with Crippen LogP contribution in [0.3, 0.4) is 0 Å². The van der Waals surface area contributed by atoms with Gasteiger partial charge in [0.25, 0.3) is 5.91 Å². The number of carboxylic acid groups (broad SMARTS) is 1. The first kappa shape index (κ1) is 31.3.